The summed E-state index contributed by atoms with van der Waals surface area (Å²) in [5.41, 5.74) is 5.08. The number of carbonyl (C=O) groups is 4. The fourth-order valence-corrected chi connectivity index (χ4v) is 4.40. The summed E-state index contributed by atoms with van der Waals surface area (Å²) in [6, 6.07) is 13.4. The van der Waals surface area contributed by atoms with Gasteiger partial charge >= 0.3 is 5.97 Å². The number of fused-ring (bicyclic) bond motifs is 2. The van der Waals surface area contributed by atoms with Gasteiger partial charge in [0.05, 0.1) is 35.4 Å². The molecule has 3 amide bonds. The zero-order valence-electron chi connectivity index (χ0n) is 18.9. The number of nitrogens with zero attached hydrogens (tertiary/aromatic N) is 1. The number of esters is 1. The molecule has 0 radical (unpaired) electrons. The monoisotopic (exact) mass is 460 g/mol. The third-order valence-corrected chi connectivity index (χ3v) is 5.82. The van der Waals surface area contributed by atoms with E-state index in [0.717, 1.165) is 4.90 Å². The number of rotatable bonds is 7. The quantitative estimate of drug-likeness (QED) is 0.240. The Bertz CT molecular complexity index is 1250. The van der Waals surface area contributed by atoms with Crippen LogP contribution in [0.4, 0.5) is 5.69 Å². The molecule has 0 saturated carbocycles. The van der Waals surface area contributed by atoms with Gasteiger partial charge in [0, 0.05) is 0 Å². The molecule has 0 saturated heterocycles. The Morgan fingerprint density at radius 3 is 2.09 bits per heavy atom. The molecule has 1 aromatic rings. The molecule has 4 rings (SSSR count). The number of carbonyl (C=O) groups excluding carboxylic acids is 4. The number of nitrogens with one attached hydrogen (secondary N) is 1. The fraction of sp³-hybridized carbons (Fsp3) is 0.231. The van der Waals surface area contributed by atoms with Crippen molar-refractivity contribution in [1.82, 2.24) is 5.48 Å². The van der Waals surface area contributed by atoms with Crippen molar-refractivity contribution in [3.05, 3.63) is 76.3 Å². The number of ether oxygens (including phenoxy) is 1. The van der Waals surface area contributed by atoms with Crippen molar-refractivity contribution in [2.45, 2.75) is 33.1 Å². The molecule has 1 aromatic carbocycles. The highest BCUT2D eigenvalue weighted by atomic mass is 16.5. The Kier molecular flexibility index (Phi) is 6.43. The summed E-state index contributed by atoms with van der Waals surface area (Å²) in [5, 5.41) is 8.85. The summed E-state index contributed by atoms with van der Waals surface area (Å²) in [5.74, 6) is -2.17. The second-order valence-corrected chi connectivity index (χ2v) is 7.94. The molecule has 3 aliphatic rings. The lowest BCUT2D eigenvalue weighted by molar-refractivity contribution is -0.128. The van der Waals surface area contributed by atoms with Gasteiger partial charge in [-0.3, -0.25) is 19.6 Å². The summed E-state index contributed by atoms with van der Waals surface area (Å²) in [6.45, 7) is 3.77. The zero-order chi connectivity index (χ0) is 24.4. The maximum atomic E-state index is 13.3. The first-order chi connectivity index (χ1) is 16.4. The Labute approximate surface area is 196 Å². The smallest absolute Gasteiger partial charge is 0.340 e. The normalized spacial score (nSPS) is 12.7. The van der Waals surface area contributed by atoms with Gasteiger partial charge in [-0.25, -0.2) is 15.2 Å². The van der Waals surface area contributed by atoms with E-state index in [0.29, 0.717) is 35.1 Å². The van der Waals surface area contributed by atoms with E-state index in [1.165, 1.54) is 0 Å². The third kappa shape index (κ3) is 3.82. The van der Waals surface area contributed by atoms with Crippen molar-refractivity contribution in [2.75, 3.05) is 11.5 Å². The van der Waals surface area contributed by atoms with Crippen LogP contribution in [0.15, 0.2) is 48.5 Å². The second-order valence-electron chi connectivity index (χ2n) is 7.94. The van der Waals surface area contributed by atoms with E-state index in [4.69, 9.17) is 9.94 Å². The second kappa shape index (κ2) is 9.44. The summed E-state index contributed by atoms with van der Waals surface area (Å²) in [7, 11) is 0. The van der Waals surface area contributed by atoms with Crippen molar-refractivity contribution >= 4 is 29.4 Å². The first-order valence-electron chi connectivity index (χ1n) is 11.1. The van der Waals surface area contributed by atoms with Crippen LogP contribution in [0.1, 0.15) is 62.5 Å². The van der Waals surface area contributed by atoms with Crippen molar-refractivity contribution in [3.63, 3.8) is 0 Å². The number of benzene rings is 1. The molecular formula is C26H24N2O6. The summed E-state index contributed by atoms with van der Waals surface area (Å²) in [6.07, 6.45) is 1.15. The van der Waals surface area contributed by atoms with Gasteiger partial charge in [-0.1, -0.05) is 49.7 Å². The predicted molar refractivity (Wildman–Crippen MR) is 124 cm³/mol. The van der Waals surface area contributed by atoms with E-state index in [9.17, 15) is 19.2 Å². The van der Waals surface area contributed by atoms with Crippen LogP contribution in [0.5, 0.6) is 0 Å². The molecule has 0 spiro atoms. The number of amides is 3. The van der Waals surface area contributed by atoms with Crippen LogP contribution in [-0.4, -0.2) is 35.5 Å². The lowest BCUT2D eigenvalue weighted by atomic mass is 10.1. The molecule has 8 heteroatoms. The average molecular weight is 460 g/mol. The number of hydrogen-bond donors (Lipinski definition) is 2. The SMILES string of the molecule is CCCc1c2ccc(CC(=O)NO)ccc-2c(C(=O)OCC)c1N1C(=O)c2ccccc2C1=O. The van der Waals surface area contributed by atoms with Crippen LogP contribution in [-0.2, 0) is 22.4 Å². The molecule has 1 aliphatic heterocycles. The average Bonchev–Trinajstić information content (AvgIpc) is 3.16. The molecule has 0 unspecified atom stereocenters. The molecule has 8 nitrogen and oxygen atoms in total. The van der Waals surface area contributed by atoms with Gasteiger partial charge in [0.25, 0.3) is 11.8 Å². The third-order valence-electron chi connectivity index (χ3n) is 5.82. The van der Waals surface area contributed by atoms with Gasteiger partial charge in [0.2, 0.25) is 5.91 Å². The summed E-state index contributed by atoms with van der Waals surface area (Å²) >= 11 is 0. The molecule has 0 aromatic heterocycles. The van der Waals surface area contributed by atoms with Crippen LogP contribution in [0.2, 0.25) is 0 Å². The van der Waals surface area contributed by atoms with Crippen molar-refractivity contribution in [1.29, 1.82) is 0 Å². The molecule has 0 bridgehead atoms. The summed E-state index contributed by atoms with van der Waals surface area (Å²) in [4.78, 5) is 52.6. The largest absolute Gasteiger partial charge is 0.462 e. The minimum atomic E-state index is -0.637. The van der Waals surface area contributed by atoms with Crippen molar-refractivity contribution in [3.8, 4) is 11.1 Å². The molecule has 174 valence electrons. The molecule has 1 heterocycles. The Balaban J connectivity index is 1.98. The van der Waals surface area contributed by atoms with Gasteiger partial charge in [-0.2, -0.15) is 0 Å². The van der Waals surface area contributed by atoms with Crippen LogP contribution in [0, 0.1) is 0 Å². The Hall–Kier alpha value is -4.04. The lowest BCUT2D eigenvalue weighted by Crippen LogP contribution is -2.31. The topological polar surface area (TPSA) is 113 Å². The van der Waals surface area contributed by atoms with E-state index < -0.39 is 23.7 Å². The first-order valence-corrected chi connectivity index (χ1v) is 11.1. The minimum Gasteiger partial charge on any atom is -0.462 e. The van der Waals surface area contributed by atoms with Crippen molar-refractivity contribution in [2.24, 2.45) is 0 Å². The van der Waals surface area contributed by atoms with Crippen molar-refractivity contribution < 1.29 is 29.1 Å². The maximum absolute atomic E-state index is 13.3. The number of imide groups is 1. The van der Waals surface area contributed by atoms with Crippen LogP contribution in [0.25, 0.3) is 11.1 Å². The highest BCUT2D eigenvalue weighted by Crippen LogP contribution is 2.45. The summed E-state index contributed by atoms with van der Waals surface area (Å²) < 4.78 is 5.33. The lowest BCUT2D eigenvalue weighted by Gasteiger charge is -2.17. The van der Waals surface area contributed by atoms with Gasteiger partial charge < -0.3 is 4.74 Å². The van der Waals surface area contributed by atoms with E-state index in [1.807, 2.05) is 6.92 Å². The molecule has 0 fully saturated rings. The Morgan fingerprint density at radius 1 is 0.912 bits per heavy atom. The van der Waals surface area contributed by atoms with Crippen LogP contribution < -0.4 is 10.4 Å². The van der Waals surface area contributed by atoms with Gasteiger partial charge in [-0.15, -0.1) is 0 Å². The molecule has 2 aliphatic carbocycles. The minimum absolute atomic E-state index is 0.0586. The predicted octanol–water partition coefficient (Wildman–Crippen LogP) is 3.77. The molecule has 2 N–H and O–H groups in total. The van der Waals surface area contributed by atoms with Crippen LogP contribution >= 0.6 is 0 Å². The van der Waals surface area contributed by atoms with Gasteiger partial charge in [0.15, 0.2) is 0 Å². The molecule has 34 heavy (non-hydrogen) atoms. The first kappa shape index (κ1) is 23.1. The van der Waals surface area contributed by atoms with Gasteiger partial charge in [0.1, 0.15) is 0 Å². The van der Waals surface area contributed by atoms with E-state index >= 15 is 0 Å². The Morgan fingerprint density at radius 2 is 1.53 bits per heavy atom. The van der Waals surface area contributed by atoms with E-state index in [-0.39, 0.29) is 35.4 Å². The molecule has 0 atom stereocenters. The number of anilines is 1. The number of hydrogen-bond acceptors (Lipinski definition) is 6. The fourth-order valence-electron chi connectivity index (χ4n) is 4.40. The molecular weight excluding hydrogens is 436 g/mol. The highest BCUT2D eigenvalue weighted by molar-refractivity contribution is 6.36. The van der Waals surface area contributed by atoms with E-state index in [2.05, 4.69) is 0 Å². The van der Waals surface area contributed by atoms with E-state index in [1.54, 1.807) is 60.9 Å². The standard InChI is InChI=1S/C26H24N2O6/c1-3-7-18-16-12-10-15(14-21(29)27-33)11-13-17(16)22(26(32)34-4-2)23(18)28-24(30)19-8-5-6-9-20(19)25(28)31/h5-6,8-13,33H,3-4,7,14H2,1-2H3,(H,27,29). The van der Waals surface area contributed by atoms with Gasteiger partial charge in [-0.05, 0) is 47.7 Å². The highest BCUT2D eigenvalue weighted by Gasteiger charge is 2.42. The number of hydroxylamine groups is 1. The zero-order valence-corrected chi connectivity index (χ0v) is 18.9. The maximum Gasteiger partial charge on any atom is 0.340 e. The van der Waals surface area contributed by atoms with Crippen LogP contribution in [0.3, 0.4) is 0 Å².